The number of rotatable bonds is 7. The molecule has 2 aromatic rings. The number of piperazine rings is 1. The maximum Gasteiger partial charge on any atom is 0.251 e. The van der Waals surface area contributed by atoms with Crippen LogP contribution in [0.5, 0.6) is 11.5 Å². The van der Waals surface area contributed by atoms with Gasteiger partial charge in [0.1, 0.15) is 5.75 Å². The molecule has 2 atom stereocenters. The fourth-order valence-corrected chi connectivity index (χ4v) is 5.11. The van der Waals surface area contributed by atoms with Gasteiger partial charge in [0.15, 0.2) is 11.6 Å². The third-order valence-corrected chi connectivity index (χ3v) is 7.37. The number of methoxy groups -OCH3 is 1. The van der Waals surface area contributed by atoms with E-state index in [1.807, 2.05) is 17.0 Å². The number of halogens is 1. The Bertz CT molecular complexity index is 1340. The fourth-order valence-electron chi connectivity index (χ4n) is 5.11. The molecule has 2 unspecified atom stereocenters. The molecule has 0 spiro atoms. The average Bonchev–Trinajstić information content (AvgIpc) is 3.61. The molecule has 1 aliphatic carbocycles. The van der Waals surface area contributed by atoms with Crippen LogP contribution in [0.3, 0.4) is 0 Å². The molecule has 0 aromatic heterocycles. The second-order valence-corrected chi connectivity index (χ2v) is 9.80. The molecule has 1 saturated heterocycles. The number of para-hydroxylation sites is 2. The van der Waals surface area contributed by atoms with E-state index in [1.165, 1.54) is 0 Å². The summed E-state index contributed by atoms with van der Waals surface area (Å²) in [4.78, 5) is 32.3. The molecule has 38 heavy (non-hydrogen) atoms. The standard InChI is InChI=1S/C29H31FN4O4.H2/c1-4-27(36)31-24-7-5-6-8-25(24)38-28-23(30)15-21-18-29(21,32-28)17-20-9-10-22(16-26(20)37-3)34-13-11-33(12-14-34)19(2)35;/h4-10,15-16,21H,1,11-14,17-18H2,2-3H3,(H,31,36);1H. The van der Waals surface area contributed by atoms with Gasteiger partial charge in [-0.1, -0.05) is 24.8 Å². The van der Waals surface area contributed by atoms with Crippen molar-refractivity contribution in [3.8, 4) is 11.5 Å². The quantitative estimate of drug-likeness (QED) is 0.548. The summed E-state index contributed by atoms with van der Waals surface area (Å²) >= 11 is 0. The molecule has 0 radical (unpaired) electrons. The Morgan fingerprint density at radius 2 is 1.97 bits per heavy atom. The Balaban J connectivity index is 0.00000353. The largest absolute Gasteiger partial charge is 0.496 e. The van der Waals surface area contributed by atoms with Crippen LogP contribution in [0.2, 0.25) is 0 Å². The Hall–Kier alpha value is -4.14. The van der Waals surface area contributed by atoms with E-state index in [-0.39, 0.29) is 19.1 Å². The minimum atomic E-state index is -0.514. The van der Waals surface area contributed by atoms with E-state index in [0.29, 0.717) is 37.4 Å². The summed E-state index contributed by atoms with van der Waals surface area (Å²) < 4.78 is 26.5. The first-order valence-corrected chi connectivity index (χ1v) is 12.7. The molecule has 2 aliphatic heterocycles. The van der Waals surface area contributed by atoms with E-state index in [1.54, 1.807) is 44.4 Å². The van der Waals surface area contributed by atoms with Crippen molar-refractivity contribution in [1.82, 2.24) is 4.90 Å². The van der Waals surface area contributed by atoms with Crippen LogP contribution in [-0.2, 0) is 16.0 Å². The maximum atomic E-state index is 14.9. The highest BCUT2D eigenvalue weighted by molar-refractivity contribution is 6.01. The highest BCUT2D eigenvalue weighted by Crippen LogP contribution is 2.54. The number of amides is 2. The zero-order valence-corrected chi connectivity index (χ0v) is 21.6. The zero-order chi connectivity index (χ0) is 26.9. The summed E-state index contributed by atoms with van der Waals surface area (Å²) in [5, 5.41) is 2.67. The molecule has 8 nitrogen and oxygen atoms in total. The number of hydrogen-bond acceptors (Lipinski definition) is 6. The van der Waals surface area contributed by atoms with Crippen molar-refractivity contribution in [1.29, 1.82) is 0 Å². The van der Waals surface area contributed by atoms with E-state index in [4.69, 9.17) is 14.5 Å². The highest BCUT2D eigenvalue weighted by Gasteiger charge is 2.56. The lowest BCUT2D eigenvalue weighted by Crippen LogP contribution is -2.48. The minimum Gasteiger partial charge on any atom is -0.496 e. The Morgan fingerprint density at radius 1 is 1.21 bits per heavy atom. The summed E-state index contributed by atoms with van der Waals surface area (Å²) in [5.74, 6) is 0.126. The summed E-state index contributed by atoms with van der Waals surface area (Å²) in [6.07, 6.45) is 4.01. The molecule has 2 amide bonds. The van der Waals surface area contributed by atoms with Crippen molar-refractivity contribution < 1.29 is 24.9 Å². The minimum absolute atomic E-state index is 0. The Labute approximate surface area is 222 Å². The molecule has 0 bridgehead atoms. The van der Waals surface area contributed by atoms with E-state index in [9.17, 15) is 14.0 Å². The zero-order valence-electron chi connectivity index (χ0n) is 21.6. The number of carbonyl (C=O) groups is 2. The van der Waals surface area contributed by atoms with Gasteiger partial charge in [0.2, 0.25) is 11.8 Å². The molecular weight excluding hydrogens is 487 g/mol. The molecule has 9 heteroatoms. The van der Waals surface area contributed by atoms with Crippen molar-refractivity contribution >= 4 is 29.1 Å². The second-order valence-electron chi connectivity index (χ2n) is 9.80. The molecule has 200 valence electrons. The second kappa shape index (κ2) is 10.3. The van der Waals surface area contributed by atoms with Crippen molar-refractivity contribution in [2.24, 2.45) is 10.9 Å². The van der Waals surface area contributed by atoms with Gasteiger partial charge in [-0.15, -0.1) is 0 Å². The van der Waals surface area contributed by atoms with Crippen molar-refractivity contribution in [2.75, 3.05) is 43.5 Å². The lowest BCUT2D eigenvalue weighted by atomic mass is 9.99. The number of hydrogen-bond donors (Lipinski definition) is 1. The van der Waals surface area contributed by atoms with Crippen LogP contribution in [0, 0.1) is 5.92 Å². The lowest BCUT2D eigenvalue weighted by Gasteiger charge is -2.36. The number of benzene rings is 2. The van der Waals surface area contributed by atoms with E-state index < -0.39 is 17.3 Å². The SMILES string of the molecule is C=CC(=O)Nc1ccccc1OC1=NC2(Cc3ccc(N4CCN(C(C)=O)CC4)cc3OC)CC2C=C1F.[HH]. The monoisotopic (exact) mass is 520 g/mol. The smallest absolute Gasteiger partial charge is 0.251 e. The van der Waals surface area contributed by atoms with Gasteiger partial charge in [-0.2, -0.15) is 0 Å². The van der Waals surface area contributed by atoms with Gasteiger partial charge in [0.25, 0.3) is 5.90 Å². The first-order chi connectivity index (χ1) is 18.3. The van der Waals surface area contributed by atoms with Crippen LogP contribution in [0.15, 0.2) is 72.0 Å². The molecule has 5 rings (SSSR count). The maximum absolute atomic E-state index is 14.9. The van der Waals surface area contributed by atoms with Gasteiger partial charge in [0, 0.05) is 58.6 Å². The van der Waals surface area contributed by atoms with Gasteiger partial charge < -0.3 is 24.6 Å². The molecule has 3 aliphatic rings. The topological polar surface area (TPSA) is 83.5 Å². The molecule has 2 aromatic carbocycles. The van der Waals surface area contributed by atoms with Crippen molar-refractivity contribution in [3.63, 3.8) is 0 Å². The molecular formula is C29H33FN4O4. The molecule has 2 fully saturated rings. The van der Waals surface area contributed by atoms with Crippen molar-refractivity contribution in [3.05, 3.63) is 72.6 Å². The lowest BCUT2D eigenvalue weighted by molar-refractivity contribution is -0.129. The van der Waals surface area contributed by atoms with Gasteiger partial charge in [-0.05, 0) is 42.3 Å². The van der Waals surface area contributed by atoms with E-state index in [2.05, 4.69) is 22.9 Å². The van der Waals surface area contributed by atoms with Crippen molar-refractivity contribution in [2.45, 2.75) is 25.3 Å². The van der Waals surface area contributed by atoms with Crippen LogP contribution in [0.25, 0.3) is 0 Å². The summed E-state index contributed by atoms with van der Waals surface area (Å²) in [6, 6.07) is 12.9. The number of nitrogens with one attached hydrogen (secondary N) is 1. The van der Waals surface area contributed by atoms with Crippen LogP contribution in [0.1, 0.15) is 20.3 Å². The Kier molecular flexibility index (Phi) is 6.93. The third kappa shape index (κ3) is 5.14. The third-order valence-electron chi connectivity index (χ3n) is 7.37. The number of fused-ring (bicyclic) bond motifs is 1. The molecule has 2 heterocycles. The highest BCUT2D eigenvalue weighted by atomic mass is 19.1. The first kappa shape index (κ1) is 25.5. The number of nitrogens with zero attached hydrogens (tertiary/aromatic N) is 3. The summed E-state index contributed by atoms with van der Waals surface area (Å²) in [7, 11) is 1.64. The summed E-state index contributed by atoms with van der Waals surface area (Å²) in [5.41, 5.74) is 1.92. The number of aliphatic imine (C=N–C) groups is 1. The number of anilines is 2. The van der Waals surface area contributed by atoms with Gasteiger partial charge in [-0.25, -0.2) is 9.38 Å². The normalized spacial score (nSPS) is 22.0. The fraction of sp³-hybridized carbons (Fsp3) is 0.345. The number of ether oxygens (including phenoxy) is 2. The number of carbonyl (C=O) groups excluding carboxylic acids is 2. The number of dihydropyridines is 1. The van der Waals surface area contributed by atoms with Crippen LogP contribution in [0.4, 0.5) is 15.8 Å². The van der Waals surface area contributed by atoms with Gasteiger partial charge in [-0.3, -0.25) is 9.59 Å². The average molecular weight is 521 g/mol. The van der Waals surface area contributed by atoms with Crippen LogP contribution < -0.4 is 19.7 Å². The van der Waals surface area contributed by atoms with Crippen LogP contribution >= 0.6 is 0 Å². The van der Waals surface area contributed by atoms with E-state index in [0.717, 1.165) is 36.2 Å². The van der Waals surface area contributed by atoms with E-state index >= 15 is 0 Å². The van der Waals surface area contributed by atoms with Gasteiger partial charge >= 0.3 is 0 Å². The predicted octanol–water partition coefficient (Wildman–Crippen LogP) is 4.38. The Morgan fingerprint density at radius 3 is 2.68 bits per heavy atom. The van der Waals surface area contributed by atoms with Gasteiger partial charge in [0.05, 0.1) is 18.3 Å². The first-order valence-electron chi connectivity index (χ1n) is 12.7. The van der Waals surface area contributed by atoms with Crippen LogP contribution in [-0.4, -0.2) is 61.4 Å². The molecule has 1 N–H and O–H groups in total. The predicted molar refractivity (Wildman–Crippen MR) is 147 cm³/mol. The molecule has 1 saturated carbocycles. The summed E-state index contributed by atoms with van der Waals surface area (Å²) in [6.45, 7) is 7.97.